The maximum absolute atomic E-state index is 5.88. The predicted octanol–water partition coefficient (Wildman–Crippen LogP) is 3.49. The van der Waals surface area contributed by atoms with E-state index in [9.17, 15) is 0 Å². The monoisotopic (exact) mass is 360 g/mol. The Kier molecular flexibility index (Phi) is 11.0. The fraction of sp³-hybridized carbons (Fsp3) is 0. The van der Waals surface area contributed by atoms with Crippen LogP contribution in [0.2, 0.25) is 0 Å². The van der Waals surface area contributed by atoms with Crippen molar-refractivity contribution in [2.45, 2.75) is 0 Å². The summed E-state index contributed by atoms with van der Waals surface area (Å²) >= 11 is 0. The molecular weight excluding hydrogens is 343 g/mol. The minimum atomic E-state index is 0. The van der Waals surface area contributed by atoms with Gasteiger partial charge in [0.05, 0.1) is 0 Å². The lowest BCUT2D eigenvalue weighted by molar-refractivity contribution is 1.47. The van der Waals surface area contributed by atoms with E-state index < -0.39 is 0 Å². The van der Waals surface area contributed by atoms with Crippen LogP contribution in [0.5, 0.6) is 0 Å². The quantitative estimate of drug-likeness (QED) is 0.444. The molecule has 0 unspecified atom stereocenters. The molecule has 0 aliphatic rings. The molecule has 2 aromatic carbocycles. The highest BCUT2D eigenvalue weighted by Gasteiger charge is 1.96. The van der Waals surface area contributed by atoms with Crippen molar-refractivity contribution in [1.29, 1.82) is 0 Å². The number of nitrogen functional groups attached to an aromatic ring is 2. The van der Waals surface area contributed by atoms with Crippen LogP contribution in [-0.4, -0.2) is 5.84 Å². The van der Waals surface area contributed by atoms with E-state index in [0.717, 1.165) is 16.8 Å². The van der Waals surface area contributed by atoms with Crippen LogP contribution in [-0.2, 0) is 0 Å². The highest BCUT2D eigenvalue weighted by atomic mass is 35.5. The van der Waals surface area contributed by atoms with Crippen molar-refractivity contribution in [2.75, 3.05) is 11.5 Å². The molecule has 0 fully saturated rings. The van der Waals surface area contributed by atoms with Gasteiger partial charge in [-0.2, -0.15) is 0 Å². The average molecular weight is 362 g/mol. The SMILES string of the molecule is Cl.Cl.Cl.NC(=NC=Cc1ccc(N)cc1)c1cccc(N)c1. The third kappa shape index (κ3) is 6.72. The average Bonchev–Trinajstić information content (AvgIpc) is 2.41. The van der Waals surface area contributed by atoms with Gasteiger partial charge in [-0.25, -0.2) is 4.99 Å². The number of amidine groups is 1. The summed E-state index contributed by atoms with van der Waals surface area (Å²) in [6.07, 6.45) is 3.52. The predicted molar refractivity (Wildman–Crippen MR) is 103 cm³/mol. The van der Waals surface area contributed by atoms with Gasteiger partial charge >= 0.3 is 0 Å². The summed E-state index contributed by atoms with van der Waals surface area (Å²) in [5.41, 5.74) is 20.4. The number of anilines is 2. The lowest BCUT2D eigenvalue weighted by Crippen LogP contribution is -2.12. The summed E-state index contributed by atoms with van der Waals surface area (Å²) in [6.45, 7) is 0. The van der Waals surface area contributed by atoms with Gasteiger partial charge in [-0.05, 0) is 35.9 Å². The van der Waals surface area contributed by atoms with Crippen LogP contribution in [0.25, 0.3) is 6.08 Å². The van der Waals surface area contributed by atoms with Crippen molar-refractivity contribution < 1.29 is 0 Å². The Labute approximate surface area is 148 Å². The van der Waals surface area contributed by atoms with Gasteiger partial charge in [-0.1, -0.05) is 24.3 Å². The van der Waals surface area contributed by atoms with E-state index in [-0.39, 0.29) is 37.2 Å². The Balaban J connectivity index is 0. The van der Waals surface area contributed by atoms with Crippen LogP contribution < -0.4 is 17.2 Å². The summed E-state index contributed by atoms with van der Waals surface area (Å²) < 4.78 is 0. The van der Waals surface area contributed by atoms with E-state index in [1.165, 1.54) is 0 Å². The molecule has 0 atom stereocenters. The number of halogens is 3. The van der Waals surface area contributed by atoms with Gasteiger partial charge in [0.2, 0.25) is 0 Å². The molecular formula is C15H19Cl3N4. The van der Waals surface area contributed by atoms with Gasteiger partial charge in [-0.3, -0.25) is 0 Å². The minimum Gasteiger partial charge on any atom is -0.399 e. The molecule has 4 nitrogen and oxygen atoms in total. The summed E-state index contributed by atoms with van der Waals surface area (Å²) in [5.74, 6) is 0.430. The second-order valence-corrected chi connectivity index (χ2v) is 4.12. The summed E-state index contributed by atoms with van der Waals surface area (Å²) in [4.78, 5) is 4.18. The maximum atomic E-state index is 5.88. The largest absolute Gasteiger partial charge is 0.399 e. The molecule has 0 bridgehead atoms. The van der Waals surface area contributed by atoms with Crippen LogP contribution in [0.15, 0.2) is 59.7 Å². The number of aliphatic imine (C=N–C) groups is 1. The first-order valence-electron chi connectivity index (χ1n) is 5.86. The molecule has 0 aliphatic carbocycles. The highest BCUT2D eigenvalue weighted by molar-refractivity contribution is 5.98. The molecule has 0 radical (unpaired) electrons. The first-order chi connectivity index (χ1) is 9.15. The topological polar surface area (TPSA) is 90.4 Å². The van der Waals surface area contributed by atoms with Crippen molar-refractivity contribution in [3.63, 3.8) is 0 Å². The van der Waals surface area contributed by atoms with Crippen molar-refractivity contribution >= 4 is 60.5 Å². The fourth-order valence-corrected chi connectivity index (χ4v) is 1.58. The van der Waals surface area contributed by atoms with Gasteiger partial charge in [0.25, 0.3) is 0 Å². The van der Waals surface area contributed by atoms with Gasteiger partial charge in [0.1, 0.15) is 5.84 Å². The smallest absolute Gasteiger partial charge is 0.130 e. The third-order valence-corrected chi connectivity index (χ3v) is 2.60. The van der Waals surface area contributed by atoms with Gasteiger partial charge < -0.3 is 17.2 Å². The molecule has 120 valence electrons. The van der Waals surface area contributed by atoms with Gasteiger partial charge in [0, 0.05) is 23.1 Å². The number of rotatable bonds is 3. The first kappa shape index (κ1) is 22.4. The van der Waals surface area contributed by atoms with Gasteiger partial charge in [-0.15, -0.1) is 37.2 Å². The van der Waals surface area contributed by atoms with Crippen molar-refractivity contribution in [1.82, 2.24) is 0 Å². The Morgan fingerprint density at radius 3 is 2.09 bits per heavy atom. The number of benzene rings is 2. The zero-order valence-corrected chi connectivity index (χ0v) is 14.1. The molecule has 0 heterocycles. The van der Waals surface area contributed by atoms with E-state index in [4.69, 9.17) is 17.2 Å². The second kappa shape index (κ2) is 10.8. The lowest BCUT2D eigenvalue weighted by Gasteiger charge is -2.00. The zero-order valence-electron chi connectivity index (χ0n) is 11.7. The van der Waals surface area contributed by atoms with Crippen LogP contribution in [0.1, 0.15) is 11.1 Å². The fourth-order valence-electron chi connectivity index (χ4n) is 1.58. The summed E-state index contributed by atoms with van der Waals surface area (Å²) in [6, 6.07) is 14.8. The molecule has 0 aromatic heterocycles. The molecule has 2 aromatic rings. The van der Waals surface area contributed by atoms with Crippen LogP contribution in [0.4, 0.5) is 11.4 Å². The van der Waals surface area contributed by atoms with E-state index in [1.807, 2.05) is 42.5 Å². The Bertz CT molecular complexity index is 625. The van der Waals surface area contributed by atoms with Gasteiger partial charge in [0.15, 0.2) is 0 Å². The molecule has 0 saturated heterocycles. The molecule has 0 saturated carbocycles. The van der Waals surface area contributed by atoms with Crippen LogP contribution in [0, 0.1) is 0 Å². The van der Waals surface area contributed by atoms with E-state index >= 15 is 0 Å². The maximum Gasteiger partial charge on any atom is 0.130 e. The Hall–Kier alpha value is -1.88. The Morgan fingerprint density at radius 1 is 0.864 bits per heavy atom. The van der Waals surface area contributed by atoms with Crippen LogP contribution in [0.3, 0.4) is 0 Å². The summed E-state index contributed by atoms with van der Waals surface area (Å²) in [5, 5.41) is 0. The number of nitrogens with zero attached hydrogens (tertiary/aromatic N) is 1. The number of hydrogen-bond donors (Lipinski definition) is 3. The number of hydrogen-bond acceptors (Lipinski definition) is 3. The standard InChI is InChI=1S/C15H16N4.3ClH/c16-13-6-4-11(5-7-13)8-9-19-15(18)12-2-1-3-14(17)10-12;;;/h1-10H,16-17H2,(H2,18,19);3*1H. The molecule has 2 rings (SSSR count). The van der Waals surface area contributed by atoms with Crippen LogP contribution >= 0.6 is 37.2 Å². The van der Waals surface area contributed by atoms with Crippen molar-refractivity contribution in [3.05, 3.63) is 65.9 Å². The normalized spacial score (nSPS) is 10.3. The van der Waals surface area contributed by atoms with Crippen molar-refractivity contribution in [3.8, 4) is 0 Å². The molecule has 22 heavy (non-hydrogen) atoms. The van der Waals surface area contributed by atoms with Crippen molar-refractivity contribution in [2.24, 2.45) is 10.7 Å². The molecule has 0 spiro atoms. The Morgan fingerprint density at radius 2 is 1.50 bits per heavy atom. The minimum absolute atomic E-state index is 0. The molecule has 0 aliphatic heterocycles. The molecule has 6 N–H and O–H groups in total. The van der Waals surface area contributed by atoms with E-state index in [2.05, 4.69) is 4.99 Å². The second-order valence-electron chi connectivity index (χ2n) is 4.12. The number of nitrogens with two attached hydrogens (primary N) is 3. The van der Waals surface area contributed by atoms with E-state index in [1.54, 1.807) is 18.3 Å². The third-order valence-electron chi connectivity index (χ3n) is 2.60. The zero-order chi connectivity index (χ0) is 13.7. The highest BCUT2D eigenvalue weighted by Crippen LogP contribution is 2.08. The first-order valence-corrected chi connectivity index (χ1v) is 5.86. The lowest BCUT2D eigenvalue weighted by atomic mass is 10.2. The van der Waals surface area contributed by atoms with E-state index in [0.29, 0.717) is 11.5 Å². The summed E-state index contributed by atoms with van der Waals surface area (Å²) in [7, 11) is 0. The molecule has 7 heteroatoms. The molecule has 0 amide bonds.